The van der Waals surface area contributed by atoms with Gasteiger partial charge in [0, 0.05) is 11.6 Å². The van der Waals surface area contributed by atoms with Crippen molar-refractivity contribution in [3.63, 3.8) is 0 Å². The van der Waals surface area contributed by atoms with Crippen LogP contribution < -0.4 is 5.56 Å². The second-order valence-electron chi connectivity index (χ2n) is 5.19. The Morgan fingerprint density at radius 1 is 1.21 bits per heavy atom. The molecule has 0 amide bonds. The summed E-state index contributed by atoms with van der Waals surface area (Å²) in [5.74, 6) is 0. The van der Waals surface area contributed by atoms with Crippen LogP contribution in [-0.4, -0.2) is 21.5 Å². The van der Waals surface area contributed by atoms with E-state index in [0.717, 1.165) is 10.2 Å². The number of hydrogen-bond donors (Lipinski definition) is 1. The highest BCUT2D eigenvalue weighted by atomic mass is 16.6. The van der Waals surface area contributed by atoms with E-state index in [9.17, 15) is 9.59 Å². The molecule has 0 aliphatic carbocycles. The fourth-order valence-electron chi connectivity index (χ4n) is 1.66. The first-order valence-corrected chi connectivity index (χ1v) is 5.98. The van der Waals surface area contributed by atoms with Crippen molar-refractivity contribution in [1.29, 1.82) is 0 Å². The SMILES string of the molecule is CC(C)(C)OC(=O)n1[nH]c(=O)cc1-c1ccccc1. The van der Waals surface area contributed by atoms with Crippen LogP contribution in [0.2, 0.25) is 0 Å². The Kier molecular flexibility index (Phi) is 3.29. The van der Waals surface area contributed by atoms with Crippen LogP contribution in [0.4, 0.5) is 4.79 Å². The van der Waals surface area contributed by atoms with Gasteiger partial charge in [-0.25, -0.2) is 4.79 Å². The molecule has 5 nitrogen and oxygen atoms in total. The van der Waals surface area contributed by atoms with Gasteiger partial charge < -0.3 is 4.74 Å². The molecule has 1 aromatic carbocycles. The number of rotatable bonds is 1. The van der Waals surface area contributed by atoms with Crippen molar-refractivity contribution in [2.24, 2.45) is 0 Å². The standard InChI is InChI=1S/C14H16N2O3/c1-14(2,3)19-13(18)16-11(9-12(17)15-16)10-7-5-4-6-8-10/h4-9H,1-3H3,(H,15,17). The van der Waals surface area contributed by atoms with E-state index in [-0.39, 0.29) is 5.56 Å². The van der Waals surface area contributed by atoms with Crippen molar-refractivity contribution < 1.29 is 9.53 Å². The Balaban J connectivity index is 2.43. The molecule has 100 valence electrons. The predicted molar refractivity (Wildman–Crippen MR) is 72.1 cm³/mol. The third-order valence-corrected chi connectivity index (χ3v) is 2.38. The smallest absolute Gasteiger partial charge is 0.434 e. The number of aromatic nitrogens is 2. The molecule has 0 unspecified atom stereocenters. The number of carbonyl (C=O) groups is 1. The summed E-state index contributed by atoms with van der Waals surface area (Å²) in [7, 11) is 0. The summed E-state index contributed by atoms with van der Waals surface area (Å²) in [5.41, 5.74) is 0.294. The molecule has 0 atom stereocenters. The topological polar surface area (TPSA) is 64.1 Å². The van der Waals surface area contributed by atoms with Gasteiger partial charge in [-0.1, -0.05) is 30.3 Å². The lowest BCUT2D eigenvalue weighted by atomic mass is 10.1. The number of nitrogens with zero attached hydrogens (tertiary/aromatic N) is 1. The van der Waals surface area contributed by atoms with Crippen LogP contribution in [0, 0.1) is 0 Å². The van der Waals surface area contributed by atoms with Crippen LogP contribution in [0.5, 0.6) is 0 Å². The van der Waals surface area contributed by atoms with Crippen LogP contribution >= 0.6 is 0 Å². The van der Waals surface area contributed by atoms with Gasteiger partial charge in [0.05, 0.1) is 5.69 Å². The molecule has 1 N–H and O–H groups in total. The highest BCUT2D eigenvalue weighted by Crippen LogP contribution is 2.18. The summed E-state index contributed by atoms with van der Waals surface area (Å²) >= 11 is 0. The Labute approximate surface area is 110 Å². The summed E-state index contributed by atoms with van der Waals surface area (Å²) in [5, 5.41) is 2.45. The number of ether oxygens (including phenoxy) is 1. The fraction of sp³-hybridized carbons (Fsp3) is 0.286. The van der Waals surface area contributed by atoms with Crippen molar-refractivity contribution in [2.45, 2.75) is 26.4 Å². The summed E-state index contributed by atoms with van der Waals surface area (Å²) in [6.07, 6.45) is -0.603. The number of nitrogens with one attached hydrogen (secondary N) is 1. The number of carbonyl (C=O) groups excluding carboxylic acids is 1. The molecule has 0 radical (unpaired) electrons. The van der Waals surface area contributed by atoms with Crippen LogP contribution in [-0.2, 0) is 4.74 Å². The lowest BCUT2D eigenvalue weighted by Crippen LogP contribution is -2.28. The predicted octanol–water partition coefficient (Wildman–Crippen LogP) is 2.63. The number of H-pyrrole nitrogens is 1. The van der Waals surface area contributed by atoms with Gasteiger partial charge in [0.25, 0.3) is 5.56 Å². The first kappa shape index (κ1) is 13.1. The first-order chi connectivity index (χ1) is 8.87. The van der Waals surface area contributed by atoms with E-state index in [2.05, 4.69) is 5.10 Å². The molecule has 1 aromatic heterocycles. The highest BCUT2D eigenvalue weighted by Gasteiger charge is 2.21. The lowest BCUT2D eigenvalue weighted by molar-refractivity contribution is 0.0517. The summed E-state index contributed by atoms with van der Waals surface area (Å²) in [6.45, 7) is 5.32. The van der Waals surface area contributed by atoms with Gasteiger partial charge in [-0.3, -0.25) is 9.89 Å². The molecule has 0 spiro atoms. The minimum Gasteiger partial charge on any atom is -0.442 e. The van der Waals surface area contributed by atoms with Gasteiger partial charge in [-0.2, -0.15) is 4.68 Å². The van der Waals surface area contributed by atoms with Gasteiger partial charge in [-0.15, -0.1) is 0 Å². The van der Waals surface area contributed by atoms with E-state index >= 15 is 0 Å². The number of aromatic amines is 1. The quantitative estimate of drug-likeness (QED) is 0.857. The maximum Gasteiger partial charge on any atom is 0.434 e. The number of benzene rings is 1. The average molecular weight is 260 g/mol. The zero-order valence-corrected chi connectivity index (χ0v) is 11.1. The minimum atomic E-state index is -0.619. The fourth-order valence-corrected chi connectivity index (χ4v) is 1.66. The van der Waals surface area contributed by atoms with E-state index in [0.29, 0.717) is 5.69 Å². The molecule has 5 heteroatoms. The van der Waals surface area contributed by atoms with E-state index in [4.69, 9.17) is 4.74 Å². The normalized spacial score (nSPS) is 11.3. The molecule has 1 heterocycles. The molecule has 0 saturated heterocycles. The van der Waals surface area contributed by atoms with Crippen LogP contribution in [0.15, 0.2) is 41.2 Å². The molecule has 0 fully saturated rings. The monoisotopic (exact) mass is 260 g/mol. The maximum absolute atomic E-state index is 12.0. The van der Waals surface area contributed by atoms with Crippen molar-refractivity contribution in [1.82, 2.24) is 9.78 Å². The van der Waals surface area contributed by atoms with E-state index in [1.54, 1.807) is 20.8 Å². The summed E-state index contributed by atoms with van der Waals surface area (Å²) in [4.78, 5) is 23.5. The van der Waals surface area contributed by atoms with Crippen molar-refractivity contribution in [3.8, 4) is 11.3 Å². The summed E-state index contributed by atoms with van der Waals surface area (Å²) < 4.78 is 6.38. The largest absolute Gasteiger partial charge is 0.442 e. The van der Waals surface area contributed by atoms with Crippen LogP contribution in [0.25, 0.3) is 11.3 Å². The van der Waals surface area contributed by atoms with Crippen molar-refractivity contribution >= 4 is 6.09 Å². The van der Waals surface area contributed by atoms with E-state index in [1.807, 2.05) is 30.3 Å². The second-order valence-corrected chi connectivity index (χ2v) is 5.19. The van der Waals surface area contributed by atoms with E-state index in [1.165, 1.54) is 6.07 Å². The lowest BCUT2D eigenvalue weighted by Gasteiger charge is -2.20. The van der Waals surface area contributed by atoms with Gasteiger partial charge in [-0.05, 0) is 20.8 Å². The molecule has 0 saturated carbocycles. The van der Waals surface area contributed by atoms with Crippen molar-refractivity contribution in [3.05, 3.63) is 46.8 Å². The molecule has 0 aliphatic rings. The maximum atomic E-state index is 12.0. The minimum absolute atomic E-state index is 0.343. The summed E-state index contributed by atoms with van der Waals surface area (Å²) in [6, 6.07) is 10.6. The molecule has 2 rings (SSSR count). The van der Waals surface area contributed by atoms with Crippen molar-refractivity contribution in [2.75, 3.05) is 0 Å². The molecule has 0 bridgehead atoms. The van der Waals surface area contributed by atoms with Gasteiger partial charge in [0.2, 0.25) is 0 Å². The molecule has 19 heavy (non-hydrogen) atoms. The second kappa shape index (κ2) is 4.76. The van der Waals surface area contributed by atoms with Crippen LogP contribution in [0.1, 0.15) is 20.8 Å². The Hall–Kier alpha value is -2.30. The van der Waals surface area contributed by atoms with Gasteiger partial charge in [0.15, 0.2) is 0 Å². The molecule has 0 aliphatic heterocycles. The Morgan fingerprint density at radius 3 is 2.42 bits per heavy atom. The zero-order chi connectivity index (χ0) is 14.0. The third kappa shape index (κ3) is 3.13. The first-order valence-electron chi connectivity index (χ1n) is 5.98. The van der Waals surface area contributed by atoms with Crippen LogP contribution in [0.3, 0.4) is 0 Å². The zero-order valence-electron chi connectivity index (χ0n) is 11.1. The molecule has 2 aromatic rings. The number of hydrogen-bond acceptors (Lipinski definition) is 3. The highest BCUT2D eigenvalue weighted by molar-refractivity contribution is 5.77. The van der Waals surface area contributed by atoms with Gasteiger partial charge in [0.1, 0.15) is 5.60 Å². The Bertz CT molecular complexity index is 633. The molecular weight excluding hydrogens is 244 g/mol. The Morgan fingerprint density at radius 2 is 1.84 bits per heavy atom. The third-order valence-electron chi connectivity index (χ3n) is 2.38. The molecular formula is C14H16N2O3. The average Bonchev–Trinajstić information content (AvgIpc) is 2.70. The van der Waals surface area contributed by atoms with E-state index < -0.39 is 11.7 Å². The van der Waals surface area contributed by atoms with Gasteiger partial charge >= 0.3 is 6.09 Å².